The van der Waals surface area contributed by atoms with Crippen molar-refractivity contribution in [3.8, 4) is 5.75 Å². The van der Waals surface area contributed by atoms with Gasteiger partial charge in [-0.2, -0.15) is 4.31 Å². The van der Waals surface area contributed by atoms with Crippen LogP contribution in [0.25, 0.3) is 0 Å². The van der Waals surface area contributed by atoms with Gasteiger partial charge in [-0.15, -0.1) is 0 Å². The normalized spacial score (nSPS) is 17.8. The van der Waals surface area contributed by atoms with Crippen molar-refractivity contribution in [3.63, 3.8) is 0 Å². The molecule has 1 aromatic rings. The zero-order valence-corrected chi connectivity index (χ0v) is 14.7. The fourth-order valence-electron chi connectivity index (χ4n) is 2.53. The Morgan fingerprint density at radius 3 is 2.22 bits per heavy atom. The number of methoxy groups -OCH3 is 1. The molecule has 1 amide bonds. The Morgan fingerprint density at radius 2 is 1.74 bits per heavy atom. The van der Waals surface area contributed by atoms with Crippen LogP contribution in [0.4, 0.5) is 0 Å². The summed E-state index contributed by atoms with van der Waals surface area (Å²) in [7, 11) is -1.98. The molecule has 6 nitrogen and oxygen atoms in total. The maximum atomic E-state index is 12.6. The first-order valence-electron chi connectivity index (χ1n) is 7.83. The van der Waals surface area contributed by atoms with Crippen molar-refractivity contribution in [3.05, 3.63) is 24.3 Å². The maximum absolute atomic E-state index is 12.6. The van der Waals surface area contributed by atoms with E-state index in [1.165, 1.54) is 11.4 Å². The summed E-state index contributed by atoms with van der Waals surface area (Å²) in [6.07, 6.45) is 0.795. The van der Waals surface area contributed by atoms with E-state index < -0.39 is 10.0 Å². The minimum atomic E-state index is -3.52. The predicted molar refractivity (Wildman–Crippen MR) is 87.8 cm³/mol. The molecule has 0 radical (unpaired) electrons. The summed E-state index contributed by atoms with van der Waals surface area (Å²) in [5.41, 5.74) is 0. The molecular weight excluding hydrogens is 316 g/mol. The Morgan fingerprint density at radius 1 is 1.17 bits per heavy atom. The number of carbonyl (C=O) groups excluding carboxylic acids is 1. The Bertz CT molecular complexity index is 635. The summed E-state index contributed by atoms with van der Waals surface area (Å²) < 4.78 is 31.8. The van der Waals surface area contributed by atoms with E-state index >= 15 is 0 Å². The molecule has 1 heterocycles. The van der Waals surface area contributed by atoms with Crippen LogP contribution in [0.5, 0.6) is 5.75 Å². The molecule has 1 unspecified atom stereocenters. The van der Waals surface area contributed by atoms with Gasteiger partial charge < -0.3 is 9.64 Å². The van der Waals surface area contributed by atoms with E-state index in [2.05, 4.69) is 0 Å². The van der Waals surface area contributed by atoms with Crippen molar-refractivity contribution < 1.29 is 17.9 Å². The topological polar surface area (TPSA) is 66.9 Å². The lowest BCUT2D eigenvalue weighted by Gasteiger charge is -2.35. The first-order chi connectivity index (χ1) is 10.9. The van der Waals surface area contributed by atoms with Crippen LogP contribution in [0.3, 0.4) is 0 Å². The molecule has 1 aromatic carbocycles. The molecule has 0 aliphatic carbocycles. The molecule has 7 heteroatoms. The van der Waals surface area contributed by atoms with Crippen LogP contribution in [0.2, 0.25) is 0 Å². The van der Waals surface area contributed by atoms with Crippen LogP contribution in [0, 0.1) is 5.92 Å². The van der Waals surface area contributed by atoms with Crippen LogP contribution in [-0.4, -0.2) is 56.8 Å². The molecule has 0 spiro atoms. The van der Waals surface area contributed by atoms with E-state index in [0.29, 0.717) is 31.9 Å². The van der Waals surface area contributed by atoms with Gasteiger partial charge >= 0.3 is 0 Å². The van der Waals surface area contributed by atoms with E-state index in [1.54, 1.807) is 29.2 Å². The van der Waals surface area contributed by atoms with Crippen molar-refractivity contribution in [2.24, 2.45) is 5.92 Å². The van der Waals surface area contributed by atoms with Gasteiger partial charge in [0.2, 0.25) is 15.9 Å². The lowest BCUT2D eigenvalue weighted by molar-refractivity contribution is -0.136. The monoisotopic (exact) mass is 340 g/mol. The highest BCUT2D eigenvalue weighted by Gasteiger charge is 2.31. The summed E-state index contributed by atoms with van der Waals surface area (Å²) >= 11 is 0. The Kier molecular flexibility index (Phi) is 5.64. The maximum Gasteiger partial charge on any atom is 0.243 e. The van der Waals surface area contributed by atoms with Gasteiger partial charge in [0.25, 0.3) is 0 Å². The molecule has 1 aliphatic rings. The number of carbonyl (C=O) groups is 1. The SMILES string of the molecule is CCC(C)C(=O)N1CCN(S(=O)(=O)c2ccc(OC)cc2)CC1. The van der Waals surface area contributed by atoms with Crippen LogP contribution >= 0.6 is 0 Å². The van der Waals surface area contributed by atoms with E-state index in [0.717, 1.165) is 6.42 Å². The van der Waals surface area contributed by atoms with Crippen LogP contribution in [0.15, 0.2) is 29.2 Å². The van der Waals surface area contributed by atoms with Gasteiger partial charge in [-0.3, -0.25) is 4.79 Å². The van der Waals surface area contributed by atoms with Crippen molar-refractivity contribution in [1.29, 1.82) is 0 Å². The molecule has 0 aromatic heterocycles. The third kappa shape index (κ3) is 3.84. The molecule has 1 aliphatic heterocycles. The summed E-state index contributed by atoms with van der Waals surface area (Å²) in [5.74, 6) is 0.710. The minimum absolute atomic E-state index is 0.0141. The molecule has 0 bridgehead atoms. The van der Waals surface area contributed by atoms with Gasteiger partial charge in [0.1, 0.15) is 5.75 Å². The average Bonchev–Trinajstić information content (AvgIpc) is 2.60. The summed E-state index contributed by atoms with van der Waals surface area (Å²) in [5, 5.41) is 0. The molecular formula is C16H24N2O4S. The van der Waals surface area contributed by atoms with Crippen molar-refractivity contribution in [1.82, 2.24) is 9.21 Å². The first kappa shape index (κ1) is 17.7. The second-order valence-electron chi connectivity index (χ2n) is 5.71. The van der Waals surface area contributed by atoms with Crippen LogP contribution in [-0.2, 0) is 14.8 Å². The van der Waals surface area contributed by atoms with E-state index in [1.807, 2.05) is 13.8 Å². The number of piperazine rings is 1. The molecule has 128 valence electrons. The largest absolute Gasteiger partial charge is 0.497 e. The number of rotatable bonds is 5. The van der Waals surface area contributed by atoms with Crippen molar-refractivity contribution in [2.75, 3.05) is 33.3 Å². The highest BCUT2D eigenvalue weighted by molar-refractivity contribution is 7.89. The Balaban J connectivity index is 2.04. The highest BCUT2D eigenvalue weighted by atomic mass is 32.2. The van der Waals surface area contributed by atoms with E-state index in [-0.39, 0.29) is 16.7 Å². The van der Waals surface area contributed by atoms with Gasteiger partial charge in [-0.05, 0) is 30.7 Å². The molecule has 1 atom stereocenters. The minimum Gasteiger partial charge on any atom is -0.497 e. The zero-order chi connectivity index (χ0) is 17.0. The second kappa shape index (κ2) is 7.31. The third-order valence-corrected chi connectivity index (χ3v) is 6.19. The number of hydrogen-bond donors (Lipinski definition) is 0. The molecule has 23 heavy (non-hydrogen) atoms. The van der Waals surface area contributed by atoms with E-state index in [9.17, 15) is 13.2 Å². The number of benzene rings is 1. The Labute approximate surface area is 138 Å². The first-order valence-corrected chi connectivity index (χ1v) is 9.27. The van der Waals surface area contributed by atoms with Gasteiger partial charge in [-0.25, -0.2) is 8.42 Å². The predicted octanol–water partition coefficient (Wildman–Crippen LogP) is 1.57. The fraction of sp³-hybridized carbons (Fsp3) is 0.562. The number of amides is 1. The van der Waals surface area contributed by atoms with Gasteiger partial charge in [0.05, 0.1) is 12.0 Å². The number of hydrogen-bond acceptors (Lipinski definition) is 4. The van der Waals surface area contributed by atoms with Gasteiger partial charge in [0.15, 0.2) is 0 Å². The number of ether oxygens (including phenoxy) is 1. The molecule has 1 saturated heterocycles. The number of nitrogens with zero attached hydrogens (tertiary/aromatic N) is 2. The summed E-state index contributed by atoms with van der Waals surface area (Å²) in [6, 6.07) is 6.36. The quantitative estimate of drug-likeness (QED) is 0.816. The van der Waals surface area contributed by atoms with Crippen LogP contribution < -0.4 is 4.74 Å². The van der Waals surface area contributed by atoms with Gasteiger partial charge in [0, 0.05) is 32.1 Å². The van der Waals surface area contributed by atoms with Crippen molar-refractivity contribution >= 4 is 15.9 Å². The van der Waals surface area contributed by atoms with E-state index in [4.69, 9.17) is 4.74 Å². The smallest absolute Gasteiger partial charge is 0.243 e. The lowest BCUT2D eigenvalue weighted by atomic mass is 10.1. The van der Waals surface area contributed by atoms with Gasteiger partial charge in [-0.1, -0.05) is 13.8 Å². The Hall–Kier alpha value is -1.60. The van der Waals surface area contributed by atoms with Crippen molar-refractivity contribution in [2.45, 2.75) is 25.2 Å². The highest BCUT2D eigenvalue weighted by Crippen LogP contribution is 2.21. The molecule has 1 fully saturated rings. The fourth-order valence-corrected chi connectivity index (χ4v) is 3.95. The van der Waals surface area contributed by atoms with Crippen LogP contribution in [0.1, 0.15) is 20.3 Å². The lowest BCUT2D eigenvalue weighted by Crippen LogP contribution is -2.51. The summed E-state index contributed by atoms with van der Waals surface area (Å²) in [6.45, 7) is 5.43. The molecule has 0 N–H and O–H groups in total. The zero-order valence-electron chi connectivity index (χ0n) is 13.9. The molecule has 2 rings (SSSR count). The molecule has 0 saturated carbocycles. The standard InChI is InChI=1S/C16H24N2O4S/c1-4-13(2)16(19)17-9-11-18(12-10-17)23(20,21)15-7-5-14(22-3)6-8-15/h5-8,13H,4,9-12H2,1-3H3. The summed E-state index contributed by atoms with van der Waals surface area (Å²) in [4.78, 5) is 14.2. The average molecular weight is 340 g/mol. The third-order valence-electron chi connectivity index (χ3n) is 4.28. The number of sulfonamides is 1. The second-order valence-corrected chi connectivity index (χ2v) is 7.65.